The van der Waals surface area contributed by atoms with E-state index in [9.17, 15) is 4.79 Å². The Bertz CT molecular complexity index is 499. The molecule has 2 N–H and O–H groups in total. The smallest absolute Gasteiger partial charge is 0.239 e. The molecule has 1 amide bonds. The van der Waals surface area contributed by atoms with Crippen molar-refractivity contribution >= 4 is 17.5 Å². The highest BCUT2D eigenvalue weighted by Crippen LogP contribution is 2.42. The molecular weight excluding hydrogens is 308 g/mol. The van der Waals surface area contributed by atoms with Crippen LogP contribution in [0.25, 0.3) is 0 Å². The molecule has 130 valence electrons. The predicted molar refractivity (Wildman–Crippen MR) is 98.8 cm³/mol. The highest BCUT2D eigenvalue weighted by molar-refractivity contribution is 6.30. The number of hydrogen-bond acceptors (Lipinski definition) is 2. The summed E-state index contributed by atoms with van der Waals surface area (Å²) in [5, 5.41) is 0.762. The van der Waals surface area contributed by atoms with Gasteiger partial charge in [-0.2, -0.15) is 0 Å². The maximum absolute atomic E-state index is 12.3. The number of hydrogen-bond donors (Lipinski definition) is 1. The van der Waals surface area contributed by atoms with Crippen LogP contribution in [0.15, 0.2) is 24.3 Å². The normalized spacial score (nSPS) is 21.2. The number of likely N-dealkylation sites (tertiary alicyclic amines) is 1. The molecule has 0 spiro atoms. The number of carbonyl (C=O) groups is 1. The fourth-order valence-corrected chi connectivity index (χ4v) is 3.39. The summed E-state index contributed by atoms with van der Waals surface area (Å²) in [6, 6.07) is 7.72. The van der Waals surface area contributed by atoms with Crippen molar-refractivity contribution in [3.8, 4) is 0 Å². The van der Waals surface area contributed by atoms with Crippen LogP contribution in [-0.4, -0.2) is 29.9 Å². The minimum absolute atomic E-state index is 0.0369. The van der Waals surface area contributed by atoms with Gasteiger partial charge in [0.05, 0.1) is 6.04 Å². The molecule has 2 atom stereocenters. The van der Waals surface area contributed by atoms with Gasteiger partial charge in [-0.25, -0.2) is 0 Å². The van der Waals surface area contributed by atoms with Crippen LogP contribution in [0.3, 0.4) is 0 Å². The van der Waals surface area contributed by atoms with E-state index in [0.717, 1.165) is 24.5 Å². The molecule has 1 aromatic carbocycles. The van der Waals surface area contributed by atoms with Crippen molar-refractivity contribution in [2.24, 2.45) is 11.1 Å². The summed E-state index contributed by atoms with van der Waals surface area (Å²) in [4.78, 5) is 14.2. The Hall–Kier alpha value is -1.06. The lowest BCUT2D eigenvalue weighted by atomic mass is 9.70. The van der Waals surface area contributed by atoms with Crippen LogP contribution in [0, 0.1) is 5.41 Å². The average Bonchev–Trinajstić information content (AvgIpc) is 2.55. The Morgan fingerprint density at radius 2 is 1.91 bits per heavy atom. The maximum atomic E-state index is 12.3. The molecule has 0 aromatic heterocycles. The van der Waals surface area contributed by atoms with Gasteiger partial charge in [0.1, 0.15) is 0 Å². The van der Waals surface area contributed by atoms with E-state index < -0.39 is 0 Å². The van der Waals surface area contributed by atoms with Crippen LogP contribution < -0.4 is 5.73 Å². The third kappa shape index (κ3) is 4.95. The van der Waals surface area contributed by atoms with E-state index in [-0.39, 0.29) is 17.4 Å². The van der Waals surface area contributed by atoms with Gasteiger partial charge in [0.25, 0.3) is 0 Å². The largest absolute Gasteiger partial charge is 0.341 e. The Morgan fingerprint density at radius 1 is 1.35 bits per heavy atom. The lowest BCUT2D eigenvalue weighted by Crippen LogP contribution is -2.52. The molecule has 1 aromatic rings. The molecule has 1 fully saturated rings. The summed E-state index contributed by atoms with van der Waals surface area (Å²) in [6.07, 6.45) is 1.66. The van der Waals surface area contributed by atoms with Gasteiger partial charge in [0.2, 0.25) is 5.91 Å². The van der Waals surface area contributed by atoms with Crippen molar-refractivity contribution in [2.75, 3.05) is 13.1 Å². The van der Waals surface area contributed by atoms with E-state index in [1.54, 1.807) is 0 Å². The molecular formula is C19H31ClN2O. The SMILES string of the molecule is CC.CC[C@@H](N)C(=O)N1CCC(c2ccc(Cl)cc2)C(C)(C)C1. The zero-order chi connectivity index (χ0) is 17.6. The highest BCUT2D eigenvalue weighted by atomic mass is 35.5. The fourth-order valence-electron chi connectivity index (χ4n) is 3.27. The van der Waals surface area contributed by atoms with Crippen molar-refractivity contribution < 1.29 is 4.79 Å². The summed E-state index contributed by atoms with van der Waals surface area (Å²) in [6.45, 7) is 11.9. The zero-order valence-corrected chi connectivity index (χ0v) is 15.9. The summed E-state index contributed by atoms with van der Waals surface area (Å²) in [5.41, 5.74) is 7.23. The highest BCUT2D eigenvalue weighted by Gasteiger charge is 2.38. The molecule has 1 unspecified atom stereocenters. The van der Waals surface area contributed by atoms with Gasteiger partial charge in [0.15, 0.2) is 0 Å². The fraction of sp³-hybridized carbons (Fsp3) is 0.632. The molecule has 1 saturated heterocycles. The number of amides is 1. The first-order valence-corrected chi connectivity index (χ1v) is 9.03. The molecule has 0 saturated carbocycles. The summed E-state index contributed by atoms with van der Waals surface area (Å²) < 4.78 is 0. The van der Waals surface area contributed by atoms with Crippen molar-refractivity contribution in [2.45, 2.75) is 59.4 Å². The molecule has 1 heterocycles. The third-order valence-corrected chi connectivity index (χ3v) is 4.82. The molecule has 3 nitrogen and oxygen atoms in total. The molecule has 23 heavy (non-hydrogen) atoms. The number of nitrogens with two attached hydrogens (primary N) is 1. The first-order chi connectivity index (χ1) is 10.8. The number of rotatable bonds is 3. The van der Waals surface area contributed by atoms with Gasteiger partial charge in [-0.1, -0.05) is 58.4 Å². The number of piperidine rings is 1. The van der Waals surface area contributed by atoms with Crippen molar-refractivity contribution in [1.82, 2.24) is 4.90 Å². The minimum Gasteiger partial charge on any atom is -0.341 e. The second-order valence-corrected chi connectivity index (χ2v) is 7.09. The minimum atomic E-state index is -0.368. The van der Waals surface area contributed by atoms with Crippen molar-refractivity contribution in [1.29, 1.82) is 0 Å². The zero-order valence-electron chi connectivity index (χ0n) is 15.1. The number of halogens is 1. The quantitative estimate of drug-likeness (QED) is 0.885. The average molecular weight is 339 g/mol. The summed E-state index contributed by atoms with van der Waals surface area (Å²) >= 11 is 5.97. The first kappa shape index (κ1) is 20.0. The van der Waals surface area contributed by atoms with Gasteiger partial charge >= 0.3 is 0 Å². The van der Waals surface area contributed by atoms with Gasteiger partial charge < -0.3 is 10.6 Å². The lowest BCUT2D eigenvalue weighted by Gasteiger charge is -2.45. The van der Waals surface area contributed by atoms with E-state index in [2.05, 4.69) is 26.0 Å². The summed E-state index contributed by atoms with van der Waals surface area (Å²) in [7, 11) is 0. The van der Waals surface area contributed by atoms with Crippen LogP contribution in [0.1, 0.15) is 58.9 Å². The van der Waals surface area contributed by atoms with Crippen molar-refractivity contribution in [3.63, 3.8) is 0 Å². The Labute approximate surface area is 146 Å². The topological polar surface area (TPSA) is 46.3 Å². The van der Waals surface area contributed by atoms with E-state index in [1.807, 2.05) is 37.8 Å². The van der Waals surface area contributed by atoms with E-state index in [4.69, 9.17) is 17.3 Å². The number of benzene rings is 1. The van der Waals surface area contributed by atoms with Crippen LogP contribution >= 0.6 is 11.6 Å². The second kappa shape index (κ2) is 8.70. The number of nitrogens with zero attached hydrogens (tertiary/aromatic N) is 1. The molecule has 4 heteroatoms. The van der Waals surface area contributed by atoms with Crippen LogP contribution in [-0.2, 0) is 4.79 Å². The Morgan fingerprint density at radius 3 is 2.39 bits per heavy atom. The summed E-state index contributed by atoms with van der Waals surface area (Å²) in [5.74, 6) is 0.525. The molecule has 1 aliphatic heterocycles. The lowest BCUT2D eigenvalue weighted by molar-refractivity contribution is -0.136. The van der Waals surface area contributed by atoms with E-state index >= 15 is 0 Å². The van der Waals surface area contributed by atoms with Gasteiger partial charge in [-0.05, 0) is 41.9 Å². The Kier molecular flexibility index (Phi) is 7.56. The van der Waals surface area contributed by atoms with Crippen molar-refractivity contribution in [3.05, 3.63) is 34.9 Å². The van der Waals surface area contributed by atoms with Crippen LogP contribution in [0.5, 0.6) is 0 Å². The van der Waals surface area contributed by atoms with E-state index in [1.165, 1.54) is 5.56 Å². The number of carbonyl (C=O) groups excluding carboxylic acids is 1. The van der Waals surface area contributed by atoms with Crippen LogP contribution in [0.4, 0.5) is 0 Å². The third-order valence-electron chi connectivity index (χ3n) is 4.57. The molecule has 0 aliphatic carbocycles. The standard InChI is InChI=1S/C17H25ClN2O.C2H6/c1-4-15(19)16(21)20-10-9-14(17(2,3)11-20)12-5-7-13(18)8-6-12;1-2/h5-8,14-15H,4,9-11,19H2,1-3H3;1-2H3/t14?,15-;/m1./s1. The van der Waals surface area contributed by atoms with Crippen LogP contribution in [0.2, 0.25) is 5.02 Å². The van der Waals surface area contributed by atoms with Gasteiger partial charge in [0, 0.05) is 18.1 Å². The monoisotopic (exact) mass is 338 g/mol. The Balaban J connectivity index is 0.00000127. The molecule has 0 bridgehead atoms. The first-order valence-electron chi connectivity index (χ1n) is 8.65. The van der Waals surface area contributed by atoms with Gasteiger partial charge in [-0.15, -0.1) is 0 Å². The predicted octanol–water partition coefficient (Wildman–Crippen LogP) is 4.45. The second-order valence-electron chi connectivity index (χ2n) is 6.66. The molecule has 0 radical (unpaired) electrons. The van der Waals surface area contributed by atoms with E-state index in [0.29, 0.717) is 12.3 Å². The molecule has 1 aliphatic rings. The maximum Gasteiger partial charge on any atom is 0.239 e. The van der Waals surface area contributed by atoms with Gasteiger partial charge in [-0.3, -0.25) is 4.79 Å². The molecule has 2 rings (SSSR count).